The lowest BCUT2D eigenvalue weighted by atomic mass is 10.0. The Balaban J connectivity index is 2.57. The number of carbonyl (C=O) groups is 1. The minimum atomic E-state index is 0.00788. The smallest absolute Gasteiger partial charge is 0.159 e. The molecule has 0 amide bonds. The number of benzene rings is 2. The molecule has 0 aromatic heterocycles. The monoisotopic (exact) mass is 290 g/mol. The van der Waals surface area contributed by atoms with Crippen LogP contribution in [-0.2, 0) is 0 Å². The summed E-state index contributed by atoms with van der Waals surface area (Å²) in [5.74, 6) is 1.31. The van der Waals surface area contributed by atoms with Gasteiger partial charge in [-0.15, -0.1) is 0 Å². The molecule has 0 atom stereocenters. The highest BCUT2D eigenvalue weighted by Crippen LogP contribution is 2.35. The first kappa shape index (κ1) is 14.4. The maximum Gasteiger partial charge on any atom is 0.159 e. The van der Waals surface area contributed by atoms with Crippen LogP contribution in [0.2, 0.25) is 5.02 Å². The predicted octanol–water partition coefficient (Wildman–Crippen LogP) is 4.23. The van der Waals surface area contributed by atoms with E-state index in [4.69, 9.17) is 21.1 Å². The second-order valence-corrected chi connectivity index (χ2v) is 4.73. The fraction of sp³-hybridized carbons (Fsp3) is 0.188. The summed E-state index contributed by atoms with van der Waals surface area (Å²) in [7, 11) is 3.16. The lowest BCUT2D eigenvalue weighted by Crippen LogP contribution is -1.95. The van der Waals surface area contributed by atoms with E-state index in [2.05, 4.69) is 0 Å². The van der Waals surface area contributed by atoms with Crippen molar-refractivity contribution in [1.82, 2.24) is 0 Å². The van der Waals surface area contributed by atoms with Gasteiger partial charge in [0.25, 0.3) is 0 Å². The molecule has 0 heterocycles. The molecular formula is C16H15ClO3. The average Bonchev–Trinajstić information content (AvgIpc) is 2.46. The Morgan fingerprint density at radius 2 is 1.65 bits per heavy atom. The van der Waals surface area contributed by atoms with Crippen LogP contribution in [0, 0.1) is 0 Å². The molecule has 2 aromatic carbocycles. The molecule has 20 heavy (non-hydrogen) atoms. The Kier molecular flexibility index (Phi) is 4.30. The third kappa shape index (κ3) is 2.78. The maximum absolute atomic E-state index is 11.5. The molecule has 0 N–H and O–H groups in total. The van der Waals surface area contributed by atoms with E-state index in [9.17, 15) is 4.79 Å². The Hall–Kier alpha value is -2.00. The van der Waals surface area contributed by atoms with Gasteiger partial charge in [0.15, 0.2) is 5.78 Å². The summed E-state index contributed by atoms with van der Waals surface area (Å²) in [4.78, 5) is 11.5. The lowest BCUT2D eigenvalue weighted by Gasteiger charge is -2.11. The van der Waals surface area contributed by atoms with Crippen molar-refractivity contribution in [2.24, 2.45) is 0 Å². The van der Waals surface area contributed by atoms with Crippen LogP contribution < -0.4 is 9.47 Å². The van der Waals surface area contributed by atoms with E-state index < -0.39 is 0 Å². The van der Waals surface area contributed by atoms with E-state index in [1.54, 1.807) is 44.6 Å². The molecule has 2 rings (SSSR count). The van der Waals surface area contributed by atoms with Crippen LogP contribution in [-0.4, -0.2) is 20.0 Å². The van der Waals surface area contributed by atoms with Crippen LogP contribution in [0.25, 0.3) is 11.1 Å². The summed E-state index contributed by atoms with van der Waals surface area (Å²) in [5.41, 5.74) is 2.33. The van der Waals surface area contributed by atoms with Gasteiger partial charge in [-0.2, -0.15) is 0 Å². The zero-order valence-corrected chi connectivity index (χ0v) is 12.3. The lowest BCUT2D eigenvalue weighted by molar-refractivity contribution is 0.101. The highest BCUT2D eigenvalue weighted by Gasteiger charge is 2.11. The Morgan fingerprint density at radius 3 is 2.20 bits per heavy atom. The van der Waals surface area contributed by atoms with Crippen LogP contribution >= 0.6 is 11.6 Å². The molecule has 0 aliphatic heterocycles. The van der Waals surface area contributed by atoms with Crippen molar-refractivity contribution < 1.29 is 14.3 Å². The average molecular weight is 291 g/mol. The summed E-state index contributed by atoms with van der Waals surface area (Å²) in [5, 5.41) is 0.514. The van der Waals surface area contributed by atoms with Gasteiger partial charge in [0.1, 0.15) is 11.5 Å². The largest absolute Gasteiger partial charge is 0.496 e. The van der Waals surface area contributed by atoms with Crippen molar-refractivity contribution in [2.45, 2.75) is 6.92 Å². The molecule has 3 nitrogen and oxygen atoms in total. The van der Waals surface area contributed by atoms with Crippen molar-refractivity contribution in [3.63, 3.8) is 0 Å². The van der Waals surface area contributed by atoms with Gasteiger partial charge in [-0.3, -0.25) is 4.79 Å². The molecule has 4 heteroatoms. The molecule has 2 aromatic rings. The van der Waals surface area contributed by atoms with Gasteiger partial charge in [-0.05, 0) is 42.8 Å². The normalized spacial score (nSPS) is 10.2. The van der Waals surface area contributed by atoms with E-state index >= 15 is 0 Å². The molecule has 0 unspecified atom stereocenters. The van der Waals surface area contributed by atoms with Gasteiger partial charge in [0.05, 0.1) is 19.2 Å². The molecule has 0 aliphatic rings. The van der Waals surface area contributed by atoms with E-state index in [1.165, 1.54) is 6.92 Å². The van der Waals surface area contributed by atoms with Crippen LogP contribution in [0.5, 0.6) is 11.5 Å². The van der Waals surface area contributed by atoms with Crippen LogP contribution in [0.1, 0.15) is 17.3 Å². The van der Waals surface area contributed by atoms with Crippen molar-refractivity contribution in [3.8, 4) is 22.6 Å². The number of halogens is 1. The van der Waals surface area contributed by atoms with Crippen LogP contribution in [0.15, 0.2) is 36.4 Å². The topological polar surface area (TPSA) is 35.5 Å². The third-order valence-electron chi connectivity index (χ3n) is 3.07. The molecule has 0 aliphatic carbocycles. The van der Waals surface area contributed by atoms with E-state index in [0.717, 1.165) is 11.1 Å². The molecule has 0 saturated heterocycles. The van der Waals surface area contributed by atoms with Crippen LogP contribution in [0.4, 0.5) is 0 Å². The van der Waals surface area contributed by atoms with Crippen molar-refractivity contribution in [2.75, 3.05) is 14.2 Å². The summed E-state index contributed by atoms with van der Waals surface area (Å²) >= 11 is 6.14. The SMILES string of the molecule is COc1ccc(-c2cc(C(C)=O)ccc2OC)cc1Cl. The summed E-state index contributed by atoms with van der Waals surface area (Å²) in [6, 6.07) is 10.8. The molecular weight excluding hydrogens is 276 g/mol. The van der Waals surface area contributed by atoms with Crippen molar-refractivity contribution in [1.29, 1.82) is 0 Å². The molecule has 104 valence electrons. The molecule has 0 spiro atoms. The molecule has 0 bridgehead atoms. The fourth-order valence-electron chi connectivity index (χ4n) is 1.99. The number of methoxy groups -OCH3 is 2. The number of rotatable bonds is 4. The van der Waals surface area contributed by atoms with Gasteiger partial charge in [-0.25, -0.2) is 0 Å². The fourth-order valence-corrected chi connectivity index (χ4v) is 2.24. The van der Waals surface area contributed by atoms with Gasteiger partial charge >= 0.3 is 0 Å². The first-order valence-corrected chi connectivity index (χ1v) is 6.47. The quantitative estimate of drug-likeness (QED) is 0.791. The predicted molar refractivity (Wildman–Crippen MR) is 80.0 cm³/mol. The minimum Gasteiger partial charge on any atom is -0.496 e. The summed E-state index contributed by atoms with van der Waals surface area (Å²) < 4.78 is 10.5. The van der Waals surface area contributed by atoms with Gasteiger partial charge in [0, 0.05) is 11.1 Å². The van der Waals surface area contributed by atoms with Crippen molar-refractivity contribution >= 4 is 17.4 Å². The minimum absolute atomic E-state index is 0.00788. The van der Waals surface area contributed by atoms with Gasteiger partial charge in [-0.1, -0.05) is 17.7 Å². The van der Waals surface area contributed by atoms with E-state index in [1.807, 2.05) is 6.07 Å². The van der Waals surface area contributed by atoms with Crippen molar-refractivity contribution in [3.05, 3.63) is 47.0 Å². The Bertz CT molecular complexity index is 650. The van der Waals surface area contributed by atoms with Gasteiger partial charge < -0.3 is 9.47 Å². The molecule has 0 radical (unpaired) electrons. The Labute approximate surface area is 123 Å². The highest BCUT2D eigenvalue weighted by atomic mass is 35.5. The zero-order valence-electron chi connectivity index (χ0n) is 11.6. The van der Waals surface area contributed by atoms with E-state index in [-0.39, 0.29) is 5.78 Å². The second kappa shape index (κ2) is 5.97. The summed E-state index contributed by atoms with van der Waals surface area (Å²) in [6.45, 7) is 1.53. The number of Topliss-reactive ketones (excluding diaryl/α,β-unsaturated/α-hetero) is 1. The number of hydrogen-bond donors (Lipinski definition) is 0. The number of hydrogen-bond acceptors (Lipinski definition) is 3. The zero-order chi connectivity index (χ0) is 14.7. The standard InChI is InChI=1S/C16H15ClO3/c1-10(18)11-4-6-15(19-2)13(8-11)12-5-7-16(20-3)14(17)9-12/h4-9H,1-3H3. The second-order valence-electron chi connectivity index (χ2n) is 4.32. The maximum atomic E-state index is 11.5. The number of carbonyl (C=O) groups excluding carboxylic acids is 1. The molecule has 0 saturated carbocycles. The summed E-state index contributed by atoms with van der Waals surface area (Å²) in [6.07, 6.45) is 0. The third-order valence-corrected chi connectivity index (χ3v) is 3.36. The molecule has 0 fully saturated rings. The first-order chi connectivity index (χ1) is 9.56. The first-order valence-electron chi connectivity index (χ1n) is 6.09. The van der Waals surface area contributed by atoms with Gasteiger partial charge in [0.2, 0.25) is 0 Å². The highest BCUT2D eigenvalue weighted by molar-refractivity contribution is 6.32. The van der Waals surface area contributed by atoms with Crippen LogP contribution in [0.3, 0.4) is 0 Å². The number of ether oxygens (including phenoxy) is 2. The number of ketones is 1. The van der Waals surface area contributed by atoms with E-state index in [0.29, 0.717) is 22.1 Å². The Morgan fingerprint density at radius 1 is 1.00 bits per heavy atom.